The molecule has 1 N–H and O–H groups in total. The fourth-order valence-corrected chi connectivity index (χ4v) is 2.99. The Morgan fingerprint density at radius 2 is 1.90 bits per heavy atom. The number of hydrogen-bond acceptors (Lipinski definition) is 7. The zero-order valence-corrected chi connectivity index (χ0v) is 11.5. The predicted octanol–water partition coefficient (Wildman–Crippen LogP) is 1.16. The molecule has 1 aromatic rings. The van der Waals surface area contributed by atoms with E-state index in [-0.39, 0.29) is 4.41 Å². The molecular weight excluding hydrogens is 318 g/mol. The van der Waals surface area contributed by atoms with Crippen LogP contribution in [0, 0.1) is 20.2 Å². The van der Waals surface area contributed by atoms with Gasteiger partial charge in [0.1, 0.15) is 4.90 Å². The molecule has 12 heteroatoms. The minimum Gasteiger partial charge on any atom is -0.505 e. The number of nitro groups is 2. The summed E-state index contributed by atoms with van der Waals surface area (Å²) >= 11 is 5.49. The van der Waals surface area contributed by atoms with Crippen molar-refractivity contribution in [1.82, 2.24) is 4.41 Å². The zero-order chi connectivity index (χ0) is 15.7. The van der Waals surface area contributed by atoms with Crippen LogP contribution in [0.2, 0.25) is 5.02 Å². The van der Waals surface area contributed by atoms with Crippen LogP contribution in [0.15, 0.2) is 17.0 Å². The fourth-order valence-electron chi connectivity index (χ4n) is 1.35. The molecule has 0 heterocycles. The Morgan fingerprint density at radius 3 is 2.30 bits per heavy atom. The number of aromatic hydroxyl groups is 1. The van der Waals surface area contributed by atoms with Gasteiger partial charge >= 0.3 is 10.0 Å². The Hall–Kier alpha value is -2.14. The number of nitro benzene ring substituents is 1. The molecule has 0 aliphatic heterocycles. The van der Waals surface area contributed by atoms with Crippen LogP contribution in [0.5, 0.6) is 5.75 Å². The van der Waals surface area contributed by atoms with Crippen molar-refractivity contribution in [3.63, 3.8) is 0 Å². The lowest BCUT2D eigenvalue weighted by Crippen LogP contribution is -2.36. The third kappa shape index (κ3) is 2.72. The number of halogens is 1. The molecule has 0 radical (unpaired) electrons. The van der Waals surface area contributed by atoms with Gasteiger partial charge in [-0.1, -0.05) is 11.6 Å². The van der Waals surface area contributed by atoms with Crippen LogP contribution in [-0.2, 0) is 10.0 Å². The van der Waals surface area contributed by atoms with Crippen LogP contribution in [0.25, 0.3) is 0 Å². The Labute approximate surface area is 117 Å². The van der Waals surface area contributed by atoms with E-state index in [1.54, 1.807) is 0 Å². The second-order valence-electron chi connectivity index (χ2n) is 3.41. The molecule has 20 heavy (non-hydrogen) atoms. The lowest BCUT2D eigenvalue weighted by molar-refractivity contribution is -0.619. The van der Waals surface area contributed by atoms with Crippen LogP contribution in [0.1, 0.15) is 6.92 Å². The molecule has 0 amide bonds. The first kappa shape index (κ1) is 15.9. The van der Waals surface area contributed by atoms with Crippen molar-refractivity contribution >= 4 is 27.3 Å². The summed E-state index contributed by atoms with van der Waals surface area (Å²) in [5, 5.41) is 29.1. The molecule has 0 saturated heterocycles. The minimum absolute atomic E-state index is 0.165. The molecule has 0 bridgehead atoms. The number of benzene rings is 1. The summed E-state index contributed by atoms with van der Waals surface area (Å²) in [6.07, 6.45) is 0. The number of sulfonamides is 1. The van der Waals surface area contributed by atoms with Crippen molar-refractivity contribution in [2.75, 3.05) is 6.54 Å². The summed E-state index contributed by atoms with van der Waals surface area (Å²) in [5.41, 5.74) is -0.717. The highest BCUT2D eigenvalue weighted by atomic mass is 35.5. The summed E-state index contributed by atoms with van der Waals surface area (Å²) in [4.78, 5) is 19.4. The van der Waals surface area contributed by atoms with Gasteiger partial charge in [0, 0.05) is 12.1 Å². The molecule has 0 saturated carbocycles. The number of phenols is 1. The Bertz CT molecular complexity index is 675. The van der Waals surface area contributed by atoms with Crippen LogP contribution >= 0.6 is 11.6 Å². The molecule has 0 aromatic heterocycles. The third-order valence-corrected chi connectivity index (χ3v) is 4.33. The Morgan fingerprint density at radius 1 is 1.35 bits per heavy atom. The second-order valence-corrected chi connectivity index (χ2v) is 5.63. The van der Waals surface area contributed by atoms with Gasteiger partial charge in [-0.15, -0.1) is 0 Å². The van der Waals surface area contributed by atoms with E-state index in [4.69, 9.17) is 11.6 Å². The van der Waals surface area contributed by atoms with Crippen molar-refractivity contribution in [2.45, 2.75) is 11.8 Å². The van der Waals surface area contributed by atoms with Crippen LogP contribution in [-0.4, -0.2) is 34.4 Å². The maximum absolute atomic E-state index is 12.0. The smallest absolute Gasteiger partial charge is 0.317 e. The lowest BCUT2D eigenvalue weighted by atomic mass is 10.3. The molecule has 110 valence electrons. The number of hydrazine groups is 1. The SMILES string of the molecule is CCN([N+](=O)[O-])S(=O)(=O)c1cc([N+](=O)[O-])cc(Cl)c1O. The van der Waals surface area contributed by atoms with Crippen LogP contribution in [0.3, 0.4) is 0 Å². The van der Waals surface area contributed by atoms with Gasteiger partial charge in [-0.2, -0.15) is 8.42 Å². The van der Waals surface area contributed by atoms with Crippen molar-refractivity contribution in [3.8, 4) is 5.75 Å². The number of hydrogen-bond donors (Lipinski definition) is 1. The average Bonchev–Trinajstić information content (AvgIpc) is 2.31. The molecule has 0 atom stereocenters. The minimum atomic E-state index is -4.76. The third-order valence-electron chi connectivity index (χ3n) is 2.23. The summed E-state index contributed by atoms with van der Waals surface area (Å²) in [5.74, 6) is -0.988. The van der Waals surface area contributed by atoms with Crippen LogP contribution in [0.4, 0.5) is 5.69 Å². The Balaban J connectivity index is 3.60. The first-order valence-corrected chi connectivity index (χ1v) is 6.78. The zero-order valence-electron chi connectivity index (χ0n) is 9.89. The van der Waals surface area contributed by atoms with Crippen molar-refractivity contribution in [1.29, 1.82) is 0 Å². The van der Waals surface area contributed by atoms with Gasteiger partial charge in [0.05, 0.1) is 16.5 Å². The average molecular weight is 326 g/mol. The monoisotopic (exact) mass is 325 g/mol. The highest BCUT2D eigenvalue weighted by Gasteiger charge is 2.36. The van der Waals surface area contributed by atoms with E-state index in [0.29, 0.717) is 6.07 Å². The molecule has 10 nitrogen and oxygen atoms in total. The molecule has 1 aromatic carbocycles. The standard InChI is InChI=1S/C8H8ClN3O7S/c1-2-10(12(16)17)20(18,19)7-4-5(11(14)15)3-6(9)8(7)13/h3-4,13H,2H2,1H3. The van der Waals surface area contributed by atoms with Gasteiger partial charge < -0.3 is 5.11 Å². The highest BCUT2D eigenvalue weighted by Crippen LogP contribution is 2.36. The quantitative estimate of drug-likeness (QED) is 0.631. The van der Waals surface area contributed by atoms with Gasteiger partial charge in [0.15, 0.2) is 10.8 Å². The molecule has 0 unspecified atom stereocenters. The van der Waals surface area contributed by atoms with Crippen molar-refractivity contribution in [3.05, 3.63) is 37.4 Å². The first-order valence-electron chi connectivity index (χ1n) is 4.96. The van der Waals surface area contributed by atoms with E-state index < -0.39 is 47.9 Å². The van der Waals surface area contributed by atoms with Gasteiger partial charge in [0.25, 0.3) is 5.69 Å². The van der Waals surface area contributed by atoms with Crippen molar-refractivity contribution in [2.24, 2.45) is 0 Å². The van der Waals surface area contributed by atoms with Gasteiger partial charge in [-0.25, -0.2) is 10.1 Å². The van der Waals surface area contributed by atoms with E-state index >= 15 is 0 Å². The summed E-state index contributed by atoms with van der Waals surface area (Å²) in [7, 11) is -4.76. The van der Waals surface area contributed by atoms with E-state index in [1.807, 2.05) is 0 Å². The fraction of sp³-hybridized carbons (Fsp3) is 0.250. The number of rotatable bonds is 5. The van der Waals surface area contributed by atoms with Gasteiger partial charge in [-0.3, -0.25) is 10.1 Å². The van der Waals surface area contributed by atoms with E-state index in [9.17, 15) is 33.8 Å². The molecule has 0 spiro atoms. The maximum Gasteiger partial charge on any atom is 0.317 e. The number of non-ortho nitro benzene ring substituents is 1. The lowest BCUT2D eigenvalue weighted by Gasteiger charge is -2.13. The second kappa shape index (κ2) is 5.46. The molecule has 0 aliphatic rings. The van der Waals surface area contributed by atoms with E-state index in [0.717, 1.165) is 6.07 Å². The Kier molecular flexibility index (Phi) is 4.35. The first-order chi connectivity index (χ1) is 9.12. The molecule has 1 rings (SSSR count). The normalized spacial score (nSPS) is 11.1. The maximum atomic E-state index is 12.0. The van der Waals surface area contributed by atoms with Crippen LogP contribution < -0.4 is 0 Å². The van der Waals surface area contributed by atoms with E-state index in [2.05, 4.69) is 0 Å². The summed E-state index contributed by atoms with van der Waals surface area (Å²) in [6.45, 7) is 0.658. The highest BCUT2D eigenvalue weighted by molar-refractivity contribution is 7.89. The summed E-state index contributed by atoms with van der Waals surface area (Å²) in [6, 6.07) is 1.24. The van der Waals surface area contributed by atoms with Gasteiger partial charge in [-0.05, 0) is 11.3 Å². The van der Waals surface area contributed by atoms with E-state index in [1.165, 1.54) is 6.92 Å². The number of nitrogens with zero attached hydrogens (tertiary/aromatic N) is 3. The number of phenolic OH excluding ortho intramolecular Hbond substituents is 1. The summed E-state index contributed by atoms with van der Waals surface area (Å²) < 4.78 is 23.8. The molecule has 0 fully saturated rings. The van der Waals surface area contributed by atoms with Gasteiger partial charge in [0.2, 0.25) is 0 Å². The largest absolute Gasteiger partial charge is 0.505 e. The molecule has 0 aliphatic carbocycles. The predicted molar refractivity (Wildman–Crippen MR) is 66.3 cm³/mol. The topological polar surface area (TPSA) is 144 Å². The van der Waals surface area contributed by atoms with Crippen molar-refractivity contribution < 1.29 is 23.5 Å². The molecular formula is C8H8ClN3O7S.